The minimum absolute atomic E-state index is 0.0105. The van der Waals surface area contributed by atoms with Gasteiger partial charge in [-0.1, -0.05) is 31.0 Å². The lowest BCUT2D eigenvalue weighted by atomic mass is 9.87. The summed E-state index contributed by atoms with van der Waals surface area (Å²) in [6.07, 6.45) is 9.19. The molecule has 6 rings (SSSR count). The lowest BCUT2D eigenvalue weighted by molar-refractivity contribution is -0.147. The zero-order valence-corrected chi connectivity index (χ0v) is 29.3. The molecule has 3 aliphatic carbocycles. The van der Waals surface area contributed by atoms with E-state index >= 15 is 0 Å². The van der Waals surface area contributed by atoms with Gasteiger partial charge in [-0.15, -0.1) is 10.2 Å². The first kappa shape index (κ1) is 35.8. The molecule has 0 aliphatic heterocycles. The molecule has 3 aliphatic rings. The molecule has 0 spiro atoms. The molecule has 270 valence electrons. The fourth-order valence-electron chi connectivity index (χ4n) is 7.30. The number of anilines is 2. The zero-order valence-electron chi connectivity index (χ0n) is 29.3. The number of amides is 2. The summed E-state index contributed by atoms with van der Waals surface area (Å²) in [5, 5.41) is 12.3. The van der Waals surface area contributed by atoms with E-state index in [4.69, 9.17) is 18.9 Å². The van der Waals surface area contributed by atoms with Gasteiger partial charge in [-0.3, -0.25) is 19.2 Å². The number of benzene rings is 2. The fourth-order valence-corrected chi connectivity index (χ4v) is 7.30. The molecule has 3 aromatic rings. The molecule has 51 heavy (non-hydrogen) atoms. The van der Waals surface area contributed by atoms with E-state index in [2.05, 4.69) is 15.5 Å². The number of nitrogens with zero attached hydrogens (tertiary/aromatic N) is 3. The monoisotopic (exact) mass is 698 g/mol. The highest BCUT2D eigenvalue weighted by atomic mass is 16.5. The van der Waals surface area contributed by atoms with Gasteiger partial charge in [0.2, 0.25) is 5.82 Å². The van der Waals surface area contributed by atoms with E-state index in [0.717, 1.165) is 43.4 Å². The van der Waals surface area contributed by atoms with Crippen molar-refractivity contribution in [3.05, 3.63) is 71.8 Å². The second-order valence-corrected chi connectivity index (χ2v) is 13.6. The molecular weight excluding hydrogens is 652 g/mol. The highest BCUT2D eigenvalue weighted by Crippen LogP contribution is 2.36. The quantitative estimate of drug-likeness (QED) is 0.172. The number of esters is 2. The smallest absolute Gasteiger partial charge is 0.308 e. The highest BCUT2D eigenvalue weighted by Gasteiger charge is 2.34. The maximum absolute atomic E-state index is 14.4. The summed E-state index contributed by atoms with van der Waals surface area (Å²) >= 11 is 0. The topological polar surface area (TPSA) is 146 Å². The van der Waals surface area contributed by atoms with Crippen molar-refractivity contribution in [2.45, 2.75) is 95.3 Å². The fraction of sp³-hybridized carbons (Fsp3) is 0.487. The van der Waals surface area contributed by atoms with Gasteiger partial charge in [0.15, 0.2) is 11.6 Å². The largest absolute Gasteiger partial charge is 0.490 e. The summed E-state index contributed by atoms with van der Waals surface area (Å²) in [7, 11) is 2.81. The Morgan fingerprint density at radius 1 is 0.647 bits per heavy atom. The number of methoxy groups -OCH3 is 2. The lowest BCUT2D eigenvalue weighted by Crippen LogP contribution is -2.39. The first-order valence-electron chi connectivity index (χ1n) is 18.0. The van der Waals surface area contributed by atoms with Crippen LogP contribution in [0.2, 0.25) is 0 Å². The molecule has 1 N–H and O–H groups in total. The van der Waals surface area contributed by atoms with E-state index < -0.39 is 11.8 Å². The van der Waals surface area contributed by atoms with Gasteiger partial charge in [0.25, 0.3) is 11.8 Å². The Hall–Kier alpha value is -5.00. The van der Waals surface area contributed by atoms with E-state index in [1.165, 1.54) is 14.2 Å². The average molecular weight is 699 g/mol. The molecule has 1 aromatic heterocycles. The van der Waals surface area contributed by atoms with Crippen LogP contribution < -0.4 is 19.7 Å². The van der Waals surface area contributed by atoms with Crippen LogP contribution in [-0.2, 0) is 19.1 Å². The Kier molecular flexibility index (Phi) is 11.8. The Labute approximate surface area is 298 Å². The third-order valence-corrected chi connectivity index (χ3v) is 10.2. The molecule has 2 amide bonds. The van der Waals surface area contributed by atoms with E-state index in [-0.39, 0.29) is 59.2 Å². The van der Waals surface area contributed by atoms with Crippen molar-refractivity contribution in [1.29, 1.82) is 0 Å². The molecule has 0 bridgehead atoms. The predicted octanol–water partition coefficient (Wildman–Crippen LogP) is 6.54. The number of rotatable bonds is 11. The van der Waals surface area contributed by atoms with Crippen LogP contribution in [0.25, 0.3) is 0 Å². The third-order valence-electron chi connectivity index (χ3n) is 10.2. The molecule has 1 heterocycles. The van der Waals surface area contributed by atoms with Crippen molar-refractivity contribution in [3.8, 4) is 11.5 Å². The predicted molar refractivity (Wildman–Crippen MR) is 189 cm³/mol. The van der Waals surface area contributed by atoms with E-state index in [0.29, 0.717) is 55.7 Å². The molecule has 12 heteroatoms. The number of imide groups is 1. The Balaban J connectivity index is 1.27. The van der Waals surface area contributed by atoms with E-state index in [9.17, 15) is 19.2 Å². The molecule has 3 saturated carbocycles. The normalized spacial score (nSPS) is 22.0. The first-order valence-corrected chi connectivity index (χ1v) is 18.0. The first-order chi connectivity index (χ1) is 24.8. The summed E-state index contributed by atoms with van der Waals surface area (Å²) in [6.45, 7) is 0. The molecule has 3 fully saturated rings. The Bertz CT molecular complexity index is 1660. The Morgan fingerprint density at radius 3 is 1.73 bits per heavy atom. The number of hydrogen-bond acceptors (Lipinski definition) is 11. The van der Waals surface area contributed by atoms with Gasteiger partial charge in [0, 0.05) is 23.2 Å². The maximum Gasteiger partial charge on any atom is 0.308 e. The van der Waals surface area contributed by atoms with Gasteiger partial charge >= 0.3 is 11.9 Å². The molecule has 0 unspecified atom stereocenters. The zero-order chi connectivity index (χ0) is 35.7. The number of ether oxygens (including phenoxy) is 4. The van der Waals surface area contributed by atoms with Crippen LogP contribution in [0, 0.1) is 11.8 Å². The van der Waals surface area contributed by atoms with Gasteiger partial charge < -0.3 is 24.3 Å². The molecule has 2 aromatic carbocycles. The third kappa shape index (κ3) is 8.84. The second kappa shape index (κ2) is 16.8. The summed E-state index contributed by atoms with van der Waals surface area (Å²) in [5.41, 5.74) is 0.549. The average Bonchev–Trinajstić information content (AvgIpc) is 3.69. The number of nitrogens with one attached hydrogen (secondary N) is 1. The highest BCUT2D eigenvalue weighted by molar-refractivity contribution is 6.25. The van der Waals surface area contributed by atoms with Crippen LogP contribution in [0.3, 0.4) is 0 Å². The summed E-state index contributed by atoms with van der Waals surface area (Å²) in [4.78, 5) is 53.7. The number of hydrogen-bond donors (Lipinski definition) is 1. The molecule has 12 nitrogen and oxygen atoms in total. The van der Waals surface area contributed by atoms with Gasteiger partial charge in [0.05, 0.1) is 38.3 Å². The minimum atomic E-state index is -0.598. The number of aromatic nitrogens is 2. The SMILES string of the molecule is COC(=O)C1CCC(Oc2ccc(C(=O)N(C(=O)c3ccccc3)c3nnc(NC4CCCC4)cc3OC3CCC(C(=O)OC)CC3)cc2)CC1. The molecule has 0 saturated heterocycles. The molecular formula is C39H46N4O8. The van der Waals surface area contributed by atoms with Crippen molar-refractivity contribution < 1.29 is 38.1 Å². The van der Waals surface area contributed by atoms with Crippen LogP contribution in [0.5, 0.6) is 11.5 Å². The van der Waals surface area contributed by atoms with Crippen LogP contribution in [-0.4, -0.2) is 66.4 Å². The minimum Gasteiger partial charge on any atom is -0.490 e. The van der Waals surface area contributed by atoms with Crippen molar-refractivity contribution in [2.24, 2.45) is 11.8 Å². The van der Waals surface area contributed by atoms with Crippen molar-refractivity contribution >= 4 is 35.4 Å². The van der Waals surface area contributed by atoms with Crippen molar-refractivity contribution in [3.63, 3.8) is 0 Å². The molecule has 0 atom stereocenters. The molecule has 0 radical (unpaired) electrons. The number of carbonyl (C=O) groups is 4. The van der Waals surface area contributed by atoms with Crippen LogP contribution in [0.1, 0.15) is 97.8 Å². The van der Waals surface area contributed by atoms with Crippen molar-refractivity contribution in [1.82, 2.24) is 10.2 Å². The van der Waals surface area contributed by atoms with Crippen molar-refractivity contribution in [2.75, 3.05) is 24.4 Å². The van der Waals surface area contributed by atoms with Crippen LogP contribution >= 0.6 is 0 Å². The standard InChI is InChI=1S/C39H46N4O8/c1-48-38(46)27-14-20-31(21-15-27)50-30-18-12-26(13-19-30)37(45)43(36(44)25-8-4-3-5-9-25)35-33(24-34(41-42-35)40-29-10-6-7-11-29)51-32-22-16-28(17-23-32)39(47)49-2/h3-5,8-9,12-13,18-19,24,27-29,31-32H,6-7,10-11,14-17,20-23H2,1-2H3,(H,40,41). The van der Waals surface area contributed by atoms with Gasteiger partial charge in [-0.05, 0) is 101 Å². The van der Waals surface area contributed by atoms with E-state index in [1.54, 1.807) is 60.7 Å². The maximum atomic E-state index is 14.4. The van der Waals surface area contributed by atoms with E-state index in [1.807, 2.05) is 0 Å². The van der Waals surface area contributed by atoms with Gasteiger partial charge in [-0.2, -0.15) is 0 Å². The summed E-state index contributed by atoms with van der Waals surface area (Å²) < 4.78 is 22.6. The van der Waals surface area contributed by atoms with Crippen LogP contribution in [0.15, 0.2) is 60.7 Å². The lowest BCUT2D eigenvalue weighted by Gasteiger charge is -2.29. The summed E-state index contributed by atoms with van der Waals surface area (Å²) in [5.74, 6) is -0.548. The summed E-state index contributed by atoms with van der Waals surface area (Å²) in [6, 6.07) is 17.2. The van der Waals surface area contributed by atoms with Gasteiger partial charge in [0.1, 0.15) is 5.75 Å². The van der Waals surface area contributed by atoms with Crippen LogP contribution in [0.4, 0.5) is 11.6 Å². The second-order valence-electron chi connectivity index (χ2n) is 13.6. The Morgan fingerprint density at radius 2 is 1.18 bits per heavy atom. The number of carbonyl (C=O) groups excluding carboxylic acids is 4. The van der Waals surface area contributed by atoms with Gasteiger partial charge in [-0.25, -0.2) is 4.90 Å².